The van der Waals surface area contributed by atoms with Gasteiger partial charge in [-0.3, -0.25) is 4.90 Å². The lowest BCUT2D eigenvalue weighted by atomic mass is 10.2. The monoisotopic (exact) mass is 241 g/mol. The second-order valence-electron chi connectivity index (χ2n) is 4.20. The first-order valence-corrected chi connectivity index (χ1v) is 5.70. The summed E-state index contributed by atoms with van der Waals surface area (Å²) in [6, 6.07) is 1.73. The standard InChI is InChI=1S/C12H19NO4/c1-9(2)13(5-3-6-14)8-11-10(12(15)16)4-7-17-11/h4,7,9,14H,3,5-6,8H2,1-2H3,(H,15,16). The normalized spacial score (nSPS) is 11.4. The highest BCUT2D eigenvalue weighted by Gasteiger charge is 2.18. The molecule has 1 rings (SSSR count). The molecule has 5 heteroatoms. The lowest BCUT2D eigenvalue weighted by Crippen LogP contribution is -2.32. The Hall–Kier alpha value is -1.33. The van der Waals surface area contributed by atoms with E-state index in [4.69, 9.17) is 14.6 Å². The number of carbonyl (C=O) groups is 1. The molecule has 1 heterocycles. The Kier molecular flexibility index (Phi) is 5.18. The molecule has 0 aliphatic heterocycles. The molecule has 0 saturated heterocycles. The highest BCUT2D eigenvalue weighted by atomic mass is 16.4. The minimum Gasteiger partial charge on any atom is -0.478 e. The third kappa shape index (κ3) is 3.87. The van der Waals surface area contributed by atoms with Crippen molar-refractivity contribution in [3.63, 3.8) is 0 Å². The topological polar surface area (TPSA) is 73.9 Å². The maximum atomic E-state index is 10.9. The second-order valence-corrected chi connectivity index (χ2v) is 4.20. The Morgan fingerprint density at radius 2 is 2.24 bits per heavy atom. The number of carboxylic acids is 1. The minimum atomic E-state index is -0.973. The lowest BCUT2D eigenvalue weighted by molar-refractivity contribution is 0.0691. The molecule has 17 heavy (non-hydrogen) atoms. The Morgan fingerprint density at radius 3 is 2.76 bits per heavy atom. The molecule has 0 atom stereocenters. The van der Waals surface area contributed by atoms with E-state index in [9.17, 15) is 4.79 Å². The van der Waals surface area contributed by atoms with Crippen molar-refractivity contribution in [3.8, 4) is 0 Å². The smallest absolute Gasteiger partial charge is 0.339 e. The van der Waals surface area contributed by atoms with Crippen LogP contribution in [0.1, 0.15) is 36.4 Å². The summed E-state index contributed by atoms with van der Waals surface area (Å²) >= 11 is 0. The Bertz CT molecular complexity index is 359. The van der Waals surface area contributed by atoms with Gasteiger partial charge < -0.3 is 14.6 Å². The van der Waals surface area contributed by atoms with Gasteiger partial charge in [0.25, 0.3) is 0 Å². The lowest BCUT2D eigenvalue weighted by Gasteiger charge is -2.25. The van der Waals surface area contributed by atoms with Gasteiger partial charge in [0, 0.05) is 19.2 Å². The molecule has 1 aromatic heterocycles. The summed E-state index contributed by atoms with van der Waals surface area (Å²) in [6.07, 6.45) is 2.06. The van der Waals surface area contributed by atoms with E-state index < -0.39 is 5.97 Å². The number of nitrogens with zero attached hydrogens (tertiary/aromatic N) is 1. The van der Waals surface area contributed by atoms with Crippen molar-refractivity contribution >= 4 is 5.97 Å². The molecule has 0 aromatic carbocycles. The van der Waals surface area contributed by atoms with Crippen molar-refractivity contribution in [1.82, 2.24) is 4.90 Å². The van der Waals surface area contributed by atoms with E-state index in [-0.39, 0.29) is 18.2 Å². The molecular formula is C12H19NO4. The van der Waals surface area contributed by atoms with Crippen LogP contribution in [-0.2, 0) is 6.54 Å². The van der Waals surface area contributed by atoms with E-state index in [0.29, 0.717) is 25.3 Å². The van der Waals surface area contributed by atoms with Gasteiger partial charge in [-0.15, -0.1) is 0 Å². The number of aliphatic hydroxyl groups is 1. The quantitative estimate of drug-likeness (QED) is 0.758. The molecule has 0 bridgehead atoms. The van der Waals surface area contributed by atoms with Gasteiger partial charge in [-0.05, 0) is 26.3 Å². The first-order valence-electron chi connectivity index (χ1n) is 5.70. The van der Waals surface area contributed by atoms with E-state index in [1.165, 1.54) is 12.3 Å². The maximum absolute atomic E-state index is 10.9. The number of rotatable bonds is 7. The van der Waals surface area contributed by atoms with Crippen molar-refractivity contribution in [3.05, 3.63) is 23.7 Å². The van der Waals surface area contributed by atoms with Crippen LogP contribution in [0.5, 0.6) is 0 Å². The summed E-state index contributed by atoms with van der Waals surface area (Å²) in [4.78, 5) is 13.0. The van der Waals surface area contributed by atoms with Crippen molar-refractivity contribution in [1.29, 1.82) is 0 Å². The average molecular weight is 241 g/mol. The fourth-order valence-corrected chi connectivity index (χ4v) is 1.63. The maximum Gasteiger partial charge on any atom is 0.339 e. The van der Waals surface area contributed by atoms with Gasteiger partial charge in [0.15, 0.2) is 0 Å². The number of hydrogen-bond acceptors (Lipinski definition) is 4. The van der Waals surface area contributed by atoms with E-state index in [0.717, 1.165) is 0 Å². The first-order chi connectivity index (χ1) is 8.06. The van der Waals surface area contributed by atoms with Crippen LogP contribution in [0, 0.1) is 0 Å². The minimum absolute atomic E-state index is 0.132. The van der Waals surface area contributed by atoms with Gasteiger partial charge in [-0.1, -0.05) is 0 Å². The van der Waals surface area contributed by atoms with Gasteiger partial charge in [0.1, 0.15) is 11.3 Å². The SMILES string of the molecule is CC(C)N(CCCO)Cc1occc1C(=O)O. The molecule has 5 nitrogen and oxygen atoms in total. The molecule has 0 aliphatic carbocycles. The summed E-state index contributed by atoms with van der Waals surface area (Å²) in [6.45, 7) is 5.36. The van der Waals surface area contributed by atoms with E-state index in [2.05, 4.69) is 4.90 Å². The molecule has 0 unspecified atom stereocenters. The van der Waals surface area contributed by atoms with Crippen LogP contribution in [0.25, 0.3) is 0 Å². The van der Waals surface area contributed by atoms with E-state index in [1.54, 1.807) is 0 Å². The summed E-state index contributed by atoms with van der Waals surface area (Å²) in [5.74, 6) is -0.510. The molecule has 0 radical (unpaired) electrons. The van der Waals surface area contributed by atoms with Crippen LogP contribution in [0.3, 0.4) is 0 Å². The highest BCUT2D eigenvalue weighted by molar-refractivity contribution is 5.88. The Balaban J connectivity index is 2.71. The summed E-state index contributed by atoms with van der Waals surface area (Å²) in [5, 5.41) is 17.8. The van der Waals surface area contributed by atoms with Gasteiger partial charge >= 0.3 is 5.97 Å². The second kappa shape index (κ2) is 6.42. The first kappa shape index (κ1) is 13.7. The average Bonchev–Trinajstić information content (AvgIpc) is 2.71. The third-order valence-corrected chi connectivity index (χ3v) is 2.66. The summed E-state index contributed by atoms with van der Waals surface area (Å²) in [5.41, 5.74) is 0.208. The highest BCUT2D eigenvalue weighted by Crippen LogP contribution is 2.15. The fourth-order valence-electron chi connectivity index (χ4n) is 1.63. The molecule has 0 aliphatic rings. The van der Waals surface area contributed by atoms with Crippen molar-refractivity contribution in [2.24, 2.45) is 0 Å². The molecule has 0 fully saturated rings. The third-order valence-electron chi connectivity index (χ3n) is 2.66. The molecule has 96 valence electrons. The number of furan rings is 1. The van der Waals surface area contributed by atoms with Gasteiger partial charge in [0.2, 0.25) is 0 Å². The van der Waals surface area contributed by atoms with Crippen LogP contribution in [0.2, 0.25) is 0 Å². The van der Waals surface area contributed by atoms with E-state index >= 15 is 0 Å². The Morgan fingerprint density at radius 1 is 1.53 bits per heavy atom. The molecule has 0 spiro atoms. The molecular weight excluding hydrogens is 222 g/mol. The van der Waals surface area contributed by atoms with E-state index in [1.807, 2.05) is 13.8 Å². The summed E-state index contributed by atoms with van der Waals surface area (Å²) in [7, 11) is 0. The number of hydrogen-bond donors (Lipinski definition) is 2. The van der Waals surface area contributed by atoms with Crippen molar-refractivity contribution in [2.45, 2.75) is 32.9 Å². The van der Waals surface area contributed by atoms with Crippen LogP contribution >= 0.6 is 0 Å². The number of carboxylic acid groups (broad SMARTS) is 1. The van der Waals surface area contributed by atoms with Crippen LogP contribution < -0.4 is 0 Å². The predicted molar refractivity (Wildman–Crippen MR) is 62.9 cm³/mol. The van der Waals surface area contributed by atoms with Crippen molar-refractivity contribution in [2.75, 3.05) is 13.2 Å². The number of aromatic carboxylic acids is 1. The zero-order chi connectivity index (χ0) is 12.8. The van der Waals surface area contributed by atoms with Gasteiger partial charge in [-0.25, -0.2) is 4.79 Å². The molecule has 0 amide bonds. The molecule has 0 saturated carbocycles. The Labute approximate surface area is 101 Å². The molecule has 1 aromatic rings. The zero-order valence-electron chi connectivity index (χ0n) is 10.2. The van der Waals surface area contributed by atoms with Crippen molar-refractivity contribution < 1.29 is 19.4 Å². The largest absolute Gasteiger partial charge is 0.478 e. The van der Waals surface area contributed by atoms with Crippen LogP contribution in [0.4, 0.5) is 0 Å². The van der Waals surface area contributed by atoms with Gasteiger partial charge in [-0.2, -0.15) is 0 Å². The van der Waals surface area contributed by atoms with Crippen LogP contribution in [0.15, 0.2) is 16.7 Å². The molecule has 2 N–H and O–H groups in total. The predicted octanol–water partition coefficient (Wildman–Crippen LogP) is 1.57. The fraction of sp³-hybridized carbons (Fsp3) is 0.583. The van der Waals surface area contributed by atoms with Crippen LogP contribution in [-0.4, -0.2) is 40.3 Å². The van der Waals surface area contributed by atoms with Gasteiger partial charge in [0.05, 0.1) is 12.8 Å². The number of aliphatic hydroxyl groups excluding tert-OH is 1. The summed E-state index contributed by atoms with van der Waals surface area (Å²) < 4.78 is 5.20. The zero-order valence-corrected chi connectivity index (χ0v) is 10.2.